The van der Waals surface area contributed by atoms with Gasteiger partial charge in [0.25, 0.3) is 10.0 Å². The summed E-state index contributed by atoms with van der Waals surface area (Å²) < 4.78 is 27.2. The summed E-state index contributed by atoms with van der Waals surface area (Å²) in [6.45, 7) is 3.76. The third-order valence-corrected chi connectivity index (χ3v) is 4.29. The molecule has 0 heterocycles. The Morgan fingerprint density at radius 2 is 1.74 bits per heavy atom. The molecule has 0 radical (unpaired) electrons. The number of nitrogens with one attached hydrogen (secondary N) is 1. The standard InChI is InChI=1S/C14H16N2O2S/c1-10-7-8-11(2)13(9-10)16-19(17,18)14-6-4-3-5-12(14)15/h3-9,16H,15H2,1-2H3. The van der Waals surface area contributed by atoms with Crippen molar-refractivity contribution in [1.82, 2.24) is 0 Å². The van der Waals surface area contributed by atoms with Crippen molar-refractivity contribution in [2.45, 2.75) is 18.7 Å². The van der Waals surface area contributed by atoms with Crippen LogP contribution in [0.2, 0.25) is 0 Å². The van der Waals surface area contributed by atoms with Crippen molar-refractivity contribution in [1.29, 1.82) is 0 Å². The zero-order valence-electron chi connectivity index (χ0n) is 10.8. The van der Waals surface area contributed by atoms with Gasteiger partial charge in [0, 0.05) is 0 Å². The lowest BCUT2D eigenvalue weighted by Gasteiger charge is -2.12. The molecule has 4 nitrogen and oxygen atoms in total. The Morgan fingerprint density at radius 1 is 1.05 bits per heavy atom. The van der Waals surface area contributed by atoms with Crippen molar-refractivity contribution >= 4 is 21.4 Å². The summed E-state index contributed by atoms with van der Waals surface area (Å²) >= 11 is 0. The summed E-state index contributed by atoms with van der Waals surface area (Å²) in [6, 6.07) is 12.0. The van der Waals surface area contributed by atoms with E-state index in [0.717, 1.165) is 11.1 Å². The first-order valence-electron chi connectivity index (χ1n) is 5.85. The Bertz CT molecular complexity index is 709. The lowest BCUT2D eigenvalue weighted by atomic mass is 10.1. The smallest absolute Gasteiger partial charge is 0.263 e. The predicted molar refractivity (Wildman–Crippen MR) is 77.6 cm³/mol. The number of hydrogen-bond acceptors (Lipinski definition) is 3. The highest BCUT2D eigenvalue weighted by molar-refractivity contribution is 7.92. The number of sulfonamides is 1. The van der Waals surface area contributed by atoms with Gasteiger partial charge >= 0.3 is 0 Å². The monoisotopic (exact) mass is 276 g/mol. The van der Waals surface area contributed by atoms with Crippen LogP contribution in [0.25, 0.3) is 0 Å². The van der Waals surface area contributed by atoms with Gasteiger partial charge in [-0.1, -0.05) is 24.3 Å². The minimum atomic E-state index is -3.66. The van der Waals surface area contributed by atoms with Crippen molar-refractivity contribution in [3.05, 3.63) is 53.6 Å². The van der Waals surface area contributed by atoms with Gasteiger partial charge in [0.05, 0.1) is 11.4 Å². The molecule has 0 saturated carbocycles. The van der Waals surface area contributed by atoms with E-state index in [2.05, 4.69) is 4.72 Å². The Kier molecular flexibility index (Phi) is 3.48. The van der Waals surface area contributed by atoms with E-state index in [9.17, 15) is 8.42 Å². The van der Waals surface area contributed by atoms with E-state index in [1.54, 1.807) is 24.3 Å². The molecule has 0 aromatic heterocycles. The predicted octanol–water partition coefficient (Wildman–Crippen LogP) is 2.69. The molecule has 0 atom stereocenters. The molecule has 0 amide bonds. The number of para-hydroxylation sites is 1. The SMILES string of the molecule is Cc1ccc(C)c(NS(=O)(=O)c2ccccc2N)c1. The van der Waals surface area contributed by atoms with E-state index in [-0.39, 0.29) is 10.6 Å². The van der Waals surface area contributed by atoms with Gasteiger partial charge in [0.2, 0.25) is 0 Å². The summed E-state index contributed by atoms with van der Waals surface area (Å²) in [6.07, 6.45) is 0. The number of benzene rings is 2. The number of rotatable bonds is 3. The fraction of sp³-hybridized carbons (Fsp3) is 0.143. The largest absolute Gasteiger partial charge is 0.398 e. The molecule has 0 bridgehead atoms. The second-order valence-electron chi connectivity index (χ2n) is 4.46. The Balaban J connectivity index is 2.43. The molecule has 2 aromatic rings. The van der Waals surface area contributed by atoms with Gasteiger partial charge in [-0.3, -0.25) is 4.72 Å². The molecule has 0 aliphatic rings. The van der Waals surface area contributed by atoms with Crippen molar-refractivity contribution in [2.24, 2.45) is 0 Å². The Morgan fingerprint density at radius 3 is 2.42 bits per heavy atom. The average molecular weight is 276 g/mol. The summed E-state index contributed by atoms with van der Waals surface area (Å²) in [5.74, 6) is 0. The molecule has 0 spiro atoms. The first-order valence-corrected chi connectivity index (χ1v) is 7.33. The van der Waals surface area contributed by atoms with Crippen LogP contribution in [0.4, 0.5) is 11.4 Å². The third-order valence-electron chi connectivity index (χ3n) is 2.85. The zero-order valence-corrected chi connectivity index (χ0v) is 11.7. The fourth-order valence-electron chi connectivity index (χ4n) is 1.77. The molecule has 0 aliphatic heterocycles. The number of nitrogens with two attached hydrogens (primary N) is 1. The van der Waals surface area contributed by atoms with Gasteiger partial charge in [0.1, 0.15) is 4.90 Å². The number of anilines is 2. The van der Waals surface area contributed by atoms with Crippen molar-refractivity contribution in [2.75, 3.05) is 10.5 Å². The van der Waals surface area contributed by atoms with E-state index in [0.29, 0.717) is 5.69 Å². The minimum Gasteiger partial charge on any atom is -0.398 e. The zero-order chi connectivity index (χ0) is 14.0. The highest BCUT2D eigenvalue weighted by Gasteiger charge is 2.17. The maximum atomic E-state index is 12.3. The van der Waals surface area contributed by atoms with E-state index < -0.39 is 10.0 Å². The third kappa shape index (κ3) is 2.88. The van der Waals surface area contributed by atoms with Crippen LogP contribution in [0.3, 0.4) is 0 Å². The van der Waals surface area contributed by atoms with Gasteiger partial charge in [-0.2, -0.15) is 0 Å². The molecule has 0 saturated heterocycles. The van der Waals surface area contributed by atoms with Crippen LogP contribution in [0.15, 0.2) is 47.4 Å². The van der Waals surface area contributed by atoms with Crippen molar-refractivity contribution < 1.29 is 8.42 Å². The molecule has 19 heavy (non-hydrogen) atoms. The fourth-order valence-corrected chi connectivity index (χ4v) is 3.03. The van der Waals surface area contributed by atoms with Crippen molar-refractivity contribution in [3.63, 3.8) is 0 Å². The average Bonchev–Trinajstić information content (AvgIpc) is 2.34. The topological polar surface area (TPSA) is 72.2 Å². The Hall–Kier alpha value is -2.01. The molecule has 0 fully saturated rings. The quantitative estimate of drug-likeness (QED) is 0.847. The highest BCUT2D eigenvalue weighted by Crippen LogP contribution is 2.23. The lowest BCUT2D eigenvalue weighted by Crippen LogP contribution is -2.15. The van der Waals surface area contributed by atoms with Crippen LogP contribution in [0.5, 0.6) is 0 Å². The van der Waals surface area contributed by atoms with Crippen LogP contribution >= 0.6 is 0 Å². The molecular weight excluding hydrogens is 260 g/mol. The molecule has 100 valence electrons. The summed E-state index contributed by atoms with van der Waals surface area (Å²) in [7, 11) is -3.66. The first-order chi connectivity index (χ1) is 8.90. The van der Waals surface area contributed by atoms with E-state index >= 15 is 0 Å². The van der Waals surface area contributed by atoms with Crippen LogP contribution < -0.4 is 10.5 Å². The number of aryl methyl sites for hydroxylation is 2. The number of hydrogen-bond donors (Lipinski definition) is 2. The molecule has 0 unspecified atom stereocenters. The van der Waals surface area contributed by atoms with E-state index in [1.165, 1.54) is 6.07 Å². The van der Waals surface area contributed by atoms with Gasteiger partial charge in [0.15, 0.2) is 0 Å². The summed E-state index contributed by atoms with van der Waals surface area (Å²) in [5.41, 5.74) is 8.37. The normalized spacial score (nSPS) is 11.3. The van der Waals surface area contributed by atoms with E-state index in [1.807, 2.05) is 26.0 Å². The van der Waals surface area contributed by atoms with Gasteiger partial charge in [-0.25, -0.2) is 8.42 Å². The van der Waals surface area contributed by atoms with Crippen LogP contribution in [0, 0.1) is 13.8 Å². The van der Waals surface area contributed by atoms with Crippen molar-refractivity contribution in [3.8, 4) is 0 Å². The lowest BCUT2D eigenvalue weighted by molar-refractivity contribution is 0.601. The van der Waals surface area contributed by atoms with Gasteiger partial charge in [-0.15, -0.1) is 0 Å². The molecule has 5 heteroatoms. The summed E-state index contributed by atoms with van der Waals surface area (Å²) in [5, 5.41) is 0. The Labute approximate surface area is 113 Å². The maximum Gasteiger partial charge on any atom is 0.263 e. The molecule has 0 aliphatic carbocycles. The van der Waals surface area contributed by atoms with E-state index in [4.69, 9.17) is 5.73 Å². The molecular formula is C14H16N2O2S. The highest BCUT2D eigenvalue weighted by atomic mass is 32.2. The van der Waals surface area contributed by atoms with Crippen LogP contribution in [0.1, 0.15) is 11.1 Å². The molecule has 2 aromatic carbocycles. The second kappa shape index (κ2) is 4.93. The summed E-state index contributed by atoms with van der Waals surface area (Å²) in [4.78, 5) is 0.0934. The molecule has 2 rings (SSSR count). The first kappa shape index (κ1) is 13.4. The second-order valence-corrected chi connectivity index (χ2v) is 6.11. The molecule has 3 N–H and O–H groups in total. The van der Waals surface area contributed by atoms with Gasteiger partial charge < -0.3 is 5.73 Å². The maximum absolute atomic E-state index is 12.3. The van der Waals surface area contributed by atoms with Gasteiger partial charge in [-0.05, 0) is 43.2 Å². The minimum absolute atomic E-state index is 0.0934. The van der Waals surface area contributed by atoms with Crippen LogP contribution in [-0.4, -0.2) is 8.42 Å². The number of nitrogen functional groups attached to an aromatic ring is 1. The van der Waals surface area contributed by atoms with Crippen LogP contribution in [-0.2, 0) is 10.0 Å².